The highest BCUT2D eigenvalue weighted by Gasteiger charge is 2.35. The molecule has 0 radical (unpaired) electrons. The quantitative estimate of drug-likeness (QED) is 0.393. The van der Waals surface area contributed by atoms with Crippen LogP contribution in [-0.4, -0.2) is 62.1 Å². The maximum atomic E-state index is 13.7. The van der Waals surface area contributed by atoms with Crippen LogP contribution in [0.2, 0.25) is 10.0 Å². The molecule has 184 valence electrons. The number of ether oxygens (including phenoxy) is 2. The molecule has 1 atom stereocenters. The average Bonchev–Trinajstić information content (AvgIpc) is 3.35. The van der Waals surface area contributed by atoms with Gasteiger partial charge >= 0.3 is 0 Å². The van der Waals surface area contributed by atoms with Gasteiger partial charge in [0.05, 0.1) is 19.8 Å². The van der Waals surface area contributed by atoms with Crippen molar-refractivity contribution < 1.29 is 19.1 Å². The molecule has 0 aliphatic carbocycles. The zero-order valence-electron chi connectivity index (χ0n) is 19.5. The lowest BCUT2D eigenvalue weighted by Gasteiger charge is -2.38. The maximum absolute atomic E-state index is 13.7. The summed E-state index contributed by atoms with van der Waals surface area (Å²) in [7, 11) is 3.14. The van der Waals surface area contributed by atoms with Crippen LogP contribution in [0.4, 0.5) is 0 Å². The van der Waals surface area contributed by atoms with Gasteiger partial charge in [0.15, 0.2) is 0 Å². The second-order valence-electron chi connectivity index (χ2n) is 8.15. The van der Waals surface area contributed by atoms with E-state index in [1.807, 2.05) is 22.4 Å². The van der Waals surface area contributed by atoms with E-state index >= 15 is 0 Å². The summed E-state index contributed by atoms with van der Waals surface area (Å²) in [6, 6.07) is 13.9. The normalized spacial score (nSPS) is 15.0. The number of halogens is 2. The van der Waals surface area contributed by atoms with Crippen LogP contribution >= 0.6 is 34.5 Å². The highest BCUT2D eigenvalue weighted by atomic mass is 35.5. The zero-order valence-corrected chi connectivity index (χ0v) is 21.8. The Morgan fingerprint density at radius 2 is 1.86 bits per heavy atom. The molecule has 35 heavy (non-hydrogen) atoms. The Kier molecular flexibility index (Phi) is 8.34. The van der Waals surface area contributed by atoms with Gasteiger partial charge in [-0.1, -0.05) is 29.3 Å². The summed E-state index contributed by atoms with van der Waals surface area (Å²) in [5, 5.41) is 3.08. The van der Waals surface area contributed by atoms with Crippen LogP contribution in [0, 0.1) is 0 Å². The molecule has 0 saturated heterocycles. The Bertz CT molecular complexity index is 1200. The second kappa shape index (κ2) is 11.4. The minimum Gasteiger partial charge on any atom is -0.497 e. The number of amides is 2. The number of hydrogen-bond donors (Lipinski definition) is 0. The third kappa shape index (κ3) is 5.64. The fourth-order valence-corrected chi connectivity index (χ4v) is 5.68. The number of hydrogen-bond acceptors (Lipinski definition) is 5. The standard InChI is InChI=1S/C26H26Cl2N2O4S/c1-33-13-12-29(26(32)17-3-6-19(34-2)7-4-17)16-24(31)30-11-9-23-21(10-14-35-23)25(30)20-8-5-18(27)15-22(20)28/h3-8,10,14-15,25H,9,11-13,16H2,1-2H3. The van der Waals surface area contributed by atoms with E-state index in [4.69, 9.17) is 32.7 Å². The maximum Gasteiger partial charge on any atom is 0.254 e. The number of benzene rings is 2. The van der Waals surface area contributed by atoms with Crippen LogP contribution in [0.15, 0.2) is 53.9 Å². The Balaban J connectivity index is 1.62. The number of carbonyl (C=O) groups is 2. The number of rotatable bonds is 8. The van der Waals surface area contributed by atoms with Crippen molar-refractivity contribution in [1.82, 2.24) is 9.80 Å². The molecule has 1 aliphatic rings. The lowest BCUT2D eigenvalue weighted by Crippen LogP contribution is -2.47. The van der Waals surface area contributed by atoms with Gasteiger partial charge in [0.25, 0.3) is 5.91 Å². The highest BCUT2D eigenvalue weighted by molar-refractivity contribution is 7.10. The summed E-state index contributed by atoms with van der Waals surface area (Å²) >= 11 is 14.4. The molecule has 9 heteroatoms. The Morgan fingerprint density at radius 3 is 2.54 bits per heavy atom. The van der Waals surface area contributed by atoms with Gasteiger partial charge in [0, 0.05) is 40.7 Å². The van der Waals surface area contributed by atoms with Crippen LogP contribution in [0.3, 0.4) is 0 Å². The van der Waals surface area contributed by atoms with Crippen molar-refractivity contribution in [1.29, 1.82) is 0 Å². The molecule has 0 bridgehead atoms. The predicted molar refractivity (Wildman–Crippen MR) is 139 cm³/mol. The number of fused-ring (bicyclic) bond motifs is 1. The molecule has 4 rings (SSSR count). The van der Waals surface area contributed by atoms with Crippen molar-refractivity contribution in [2.24, 2.45) is 0 Å². The lowest BCUT2D eigenvalue weighted by molar-refractivity contribution is -0.134. The Hall–Kier alpha value is -2.58. The lowest BCUT2D eigenvalue weighted by atomic mass is 9.93. The molecule has 0 spiro atoms. The molecule has 1 aliphatic heterocycles. The summed E-state index contributed by atoms with van der Waals surface area (Å²) in [4.78, 5) is 31.6. The molecule has 1 unspecified atom stereocenters. The summed E-state index contributed by atoms with van der Waals surface area (Å²) in [5.41, 5.74) is 2.35. The molecular weight excluding hydrogens is 507 g/mol. The molecule has 2 amide bonds. The molecule has 0 N–H and O–H groups in total. The number of carbonyl (C=O) groups excluding carboxylic acids is 2. The molecular formula is C26H26Cl2N2O4S. The SMILES string of the molecule is COCCN(CC(=O)N1CCc2sccc2C1c1ccc(Cl)cc1Cl)C(=O)c1ccc(OC)cc1. The number of thiophene rings is 1. The van der Waals surface area contributed by atoms with Gasteiger partial charge in [0.1, 0.15) is 12.3 Å². The van der Waals surface area contributed by atoms with Crippen LogP contribution in [0.5, 0.6) is 5.75 Å². The monoisotopic (exact) mass is 532 g/mol. The summed E-state index contributed by atoms with van der Waals surface area (Å²) in [6.45, 7) is 1.06. The summed E-state index contributed by atoms with van der Waals surface area (Å²) in [5.74, 6) is 0.256. The number of methoxy groups -OCH3 is 2. The van der Waals surface area contributed by atoms with Gasteiger partial charge in [-0.2, -0.15) is 0 Å². The van der Waals surface area contributed by atoms with Crippen molar-refractivity contribution in [3.8, 4) is 5.75 Å². The second-order valence-corrected chi connectivity index (χ2v) is 10.00. The minimum absolute atomic E-state index is 0.0740. The molecule has 2 aromatic carbocycles. The van der Waals surface area contributed by atoms with Gasteiger partial charge in [-0.25, -0.2) is 0 Å². The fourth-order valence-electron chi connectivity index (χ4n) is 4.27. The highest BCUT2D eigenvalue weighted by Crippen LogP contribution is 2.41. The Morgan fingerprint density at radius 1 is 1.09 bits per heavy atom. The van der Waals surface area contributed by atoms with E-state index in [0.29, 0.717) is 34.5 Å². The first-order valence-electron chi connectivity index (χ1n) is 11.2. The topological polar surface area (TPSA) is 59.1 Å². The summed E-state index contributed by atoms with van der Waals surface area (Å²) < 4.78 is 10.4. The van der Waals surface area contributed by atoms with E-state index in [0.717, 1.165) is 17.5 Å². The third-order valence-corrected chi connectivity index (χ3v) is 7.62. The van der Waals surface area contributed by atoms with Gasteiger partial charge in [0.2, 0.25) is 5.91 Å². The minimum atomic E-state index is -0.345. The van der Waals surface area contributed by atoms with E-state index in [-0.39, 0.29) is 30.9 Å². The fraction of sp³-hybridized carbons (Fsp3) is 0.308. The van der Waals surface area contributed by atoms with Crippen LogP contribution in [0.1, 0.15) is 32.4 Å². The smallest absolute Gasteiger partial charge is 0.254 e. The van der Waals surface area contributed by atoms with Crippen molar-refractivity contribution in [2.75, 3.05) is 40.5 Å². The molecule has 0 saturated carbocycles. The third-order valence-electron chi connectivity index (χ3n) is 6.06. The zero-order chi connectivity index (χ0) is 24.9. The first kappa shape index (κ1) is 25.5. The molecule has 6 nitrogen and oxygen atoms in total. The number of nitrogens with zero attached hydrogens (tertiary/aromatic N) is 2. The molecule has 0 fully saturated rings. The first-order chi connectivity index (χ1) is 16.9. The predicted octanol–water partition coefficient (Wildman–Crippen LogP) is 5.33. The van der Waals surface area contributed by atoms with Crippen LogP contribution < -0.4 is 4.74 Å². The van der Waals surface area contributed by atoms with E-state index in [1.165, 1.54) is 9.78 Å². The van der Waals surface area contributed by atoms with Gasteiger partial charge < -0.3 is 19.3 Å². The molecule has 1 aromatic heterocycles. The largest absolute Gasteiger partial charge is 0.497 e. The van der Waals surface area contributed by atoms with Crippen molar-refractivity contribution in [2.45, 2.75) is 12.5 Å². The van der Waals surface area contributed by atoms with E-state index < -0.39 is 0 Å². The average molecular weight is 533 g/mol. The molecule has 3 aromatic rings. The van der Waals surface area contributed by atoms with Crippen LogP contribution in [-0.2, 0) is 16.0 Å². The van der Waals surface area contributed by atoms with Crippen molar-refractivity contribution in [3.05, 3.63) is 85.5 Å². The van der Waals surface area contributed by atoms with Crippen molar-refractivity contribution >= 4 is 46.4 Å². The van der Waals surface area contributed by atoms with Gasteiger partial charge in [-0.3, -0.25) is 9.59 Å². The van der Waals surface area contributed by atoms with Gasteiger partial charge in [-0.15, -0.1) is 11.3 Å². The summed E-state index contributed by atoms with van der Waals surface area (Å²) in [6.07, 6.45) is 0.755. The Labute approximate surface area is 219 Å². The van der Waals surface area contributed by atoms with Crippen molar-refractivity contribution in [3.63, 3.8) is 0 Å². The van der Waals surface area contributed by atoms with E-state index in [9.17, 15) is 9.59 Å². The first-order valence-corrected chi connectivity index (χ1v) is 12.8. The van der Waals surface area contributed by atoms with E-state index in [1.54, 1.807) is 62.0 Å². The van der Waals surface area contributed by atoms with Gasteiger partial charge in [-0.05, 0) is 65.4 Å². The molecule has 2 heterocycles. The van der Waals surface area contributed by atoms with Crippen LogP contribution in [0.25, 0.3) is 0 Å². The van der Waals surface area contributed by atoms with E-state index in [2.05, 4.69) is 0 Å².